The molecular formula is C120H92Ir4N8O2-8. The summed E-state index contributed by atoms with van der Waals surface area (Å²) < 4.78 is 143. The molecule has 134 heavy (non-hydrogen) atoms. The normalized spacial score (nSPS) is 12.7. The number of rotatable bonds is 10. The molecule has 0 aliphatic heterocycles. The van der Waals surface area contributed by atoms with Gasteiger partial charge in [0.15, 0.2) is 0 Å². The summed E-state index contributed by atoms with van der Waals surface area (Å²) in [4.78, 5) is 33.8. The molecule has 22 aromatic rings. The zero-order valence-corrected chi connectivity index (χ0v) is 81.6. The average molecular weight is 2470 g/mol. The molecule has 0 unspecified atom stereocenters. The quantitative estimate of drug-likeness (QED) is 0.122. The fourth-order valence-corrected chi connectivity index (χ4v) is 13.4. The number of hydrogen-bond acceptors (Lipinski definition) is 10. The van der Waals surface area contributed by atoms with Gasteiger partial charge < -0.3 is 48.7 Å². The van der Waals surface area contributed by atoms with Gasteiger partial charge in [-0.2, -0.15) is 0 Å². The van der Waals surface area contributed by atoms with E-state index >= 15 is 0 Å². The van der Waals surface area contributed by atoms with Gasteiger partial charge in [-0.15, -0.1) is 240 Å². The third kappa shape index (κ3) is 27.8. The van der Waals surface area contributed by atoms with Crippen LogP contribution >= 0.6 is 0 Å². The number of pyridine rings is 8. The maximum Gasteiger partial charge on any atom is 0.120 e. The van der Waals surface area contributed by atoms with Gasteiger partial charge in [0, 0.05) is 165 Å². The second-order valence-corrected chi connectivity index (χ2v) is 29.2. The van der Waals surface area contributed by atoms with Crippen molar-refractivity contribution in [3.05, 3.63) is 507 Å². The molecule has 22 rings (SSSR count). The summed E-state index contributed by atoms with van der Waals surface area (Å²) in [5.74, 6) is 0. The van der Waals surface area contributed by atoms with Crippen molar-refractivity contribution in [2.45, 2.75) is 55.0 Å². The van der Waals surface area contributed by atoms with Crippen LogP contribution in [0.25, 0.3) is 156 Å². The standard InChI is InChI=1S/C19H16N.C18H12NO.C18H14N.C17H10NO.4C12H10N.4Ir/c1-14-12-19(20-13-15(14)2)18-10-8-17(9-11-18)16-6-4-3-5-7-16;1-12-9-10-19-16(11-12)15-7-4-6-14-13-5-2-3-8-17(13)20-18(14)15;1-14-7-12-18(19-13-14)17-10-8-16(9-11-17)15-5-3-2-4-6-15;1-2-10-16-12(6-1)13-7-5-8-14(17(13)19-16)15-9-3-4-11-18-15;4*1-10-7-8-12(13-9-10)11-5-3-2-4-6-11;;;;/h3-10,12-13H,1-2H3;2-6,8-11H,1H3;2-10,12-13H,1H3;1-7,9-11H;4*2-5,7-9H,1H3;;;;/q8*-1;;;;/i2D3;;1D3;;4*1D3;;;;. The molecule has 0 spiro atoms. The van der Waals surface area contributed by atoms with Crippen molar-refractivity contribution in [1.82, 2.24) is 39.9 Å². The zero-order chi connectivity index (χ0) is 105. The van der Waals surface area contributed by atoms with Crippen molar-refractivity contribution in [1.29, 1.82) is 0 Å². The van der Waals surface area contributed by atoms with Crippen LogP contribution in [0.15, 0.2) is 422 Å². The first-order valence-electron chi connectivity index (χ1n) is 50.4. The summed E-state index contributed by atoms with van der Waals surface area (Å²) in [6.07, 6.45) is 12.0. The van der Waals surface area contributed by atoms with Gasteiger partial charge in [0.2, 0.25) is 0 Å². The molecule has 10 aromatic heterocycles. The third-order valence-corrected chi connectivity index (χ3v) is 20.0. The van der Waals surface area contributed by atoms with Gasteiger partial charge in [0.05, 0.1) is 11.2 Å². The van der Waals surface area contributed by atoms with E-state index in [0.717, 1.165) is 156 Å². The van der Waals surface area contributed by atoms with Gasteiger partial charge in [-0.25, -0.2) is 0 Å². The molecule has 0 atom stereocenters. The molecule has 4 radical (unpaired) electrons. The van der Waals surface area contributed by atoms with E-state index in [1.807, 2.05) is 249 Å². The largest absolute Gasteiger partial charge is 0.501 e. The summed E-state index contributed by atoms with van der Waals surface area (Å²) in [5, 5.41) is 4.47. The van der Waals surface area contributed by atoms with Crippen LogP contribution in [-0.4, -0.2) is 39.9 Å². The Morgan fingerprint density at radius 2 is 0.582 bits per heavy atom. The van der Waals surface area contributed by atoms with Crippen molar-refractivity contribution in [2.75, 3.05) is 0 Å². The van der Waals surface area contributed by atoms with Crippen molar-refractivity contribution in [3.63, 3.8) is 0 Å². The fraction of sp³-hybridized carbons (Fsp3) is 0.0667. The molecular weight excluding hydrogens is 2350 g/mol. The van der Waals surface area contributed by atoms with Gasteiger partial charge in [0.1, 0.15) is 11.2 Å². The molecule has 0 fully saturated rings. The van der Waals surface area contributed by atoms with Crippen molar-refractivity contribution < 1.29 is 114 Å². The predicted molar refractivity (Wildman–Crippen MR) is 531 cm³/mol. The molecule has 10 nitrogen and oxygen atoms in total. The van der Waals surface area contributed by atoms with Crippen molar-refractivity contribution in [2.24, 2.45) is 0 Å². The molecule has 14 heteroatoms. The summed E-state index contributed by atoms with van der Waals surface area (Å²) in [7, 11) is 0. The van der Waals surface area contributed by atoms with Crippen molar-refractivity contribution in [3.8, 4) is 112 Å². The minimum atomic E-state index is -2.13. The number of furan rings is 2. The van der Waals surface area contributed by atoms with Gasteiger partial charge in [-0.1, -0.05) is 237 Å². The van der Waals surface area contributed by atoms with E-state index in [1.54, 1.807) is 104 Å². The maximum atomic E-state index is 7.50. The molecule has 0 bridgehead atoms. The molecule has 10 heterocycles. The SMILES string of the molecule is Cc1ccnc(-c2[c-]ccc3c2oc2ccccc23)c1.[2H]C([2H])([2H])c1ccc(-c2[c-]cc(-c3ccccc3)cc2)nc1.[2H]C([2H])([2H])c1ccc(-c2[c-]cccc2)nc1.[2H]C([2H])([2H])c1ccc(-c2[c-]cccc2)nc1.[2H]C([2H])([2H])c1ccc(-c2[c-]cccc2)nc1.[2H]C([2H])([2H])c1ccc(-c2[c-]cccc2)nc1.[2H]C([2H])([2H])c1cnc(-c2[c-]cc(-c3ccccc3)cc2)cc1C.[Ir].[Ir].[Ir].[Ir].[c-]1ccc2c(oc3ccccc32)c1-c1ccccn1. The molecule has 12 aromatic carbocycles. The summed E-state index contributed by atoms with van der Waals surface area (Å²) in [6.45, 7) is -8.76. The Kier molecular flexibility index (Phi) is 29.6. The average Bonchev–Trinajstić information content (AvgIpc) is 1.62. The van der Waals surface area contributed by atoms with E-state index in [-0.39, 0.29) is 108 Å². The number of para-hydroxylation sites is 2. The van der Waals surface area contributed by atoms with Crippen molar-refractivity contribution >= 4 is 43.9 Å². The Balaban J connectivity index is 0.000000164. The molecule has 0 saturated heterocycles. The van der Waals surface area contributed by atoms with Gasteiger partial charge >= 0.3 is 0 Å². The molecule has 0 amide bonds. The van der Waals surface area contributed by atoms with Gasteiger partial charge in [-0.3, -0.25) is 0 Å². The third-order valence-electron chi connectivity index (χ3n) is 20.0. The monoisotopic (exact) mass is 2470 g/mol. The maximum absolute atomic E-state index is 7.50. The van der Waals surface area contributed by atoms with Crippen LogP contribution in [0.1, 0.15) is 69.2 Å². The minimum absolute atomic E-state index is 0. The Bertz CT molecular complexity index is 7670. The number of hydrogen-bond donors (Lipinski definition) is 0. The second-order valence-electron chi connectivity index (χ2n) is 29.2. The first-order chi connectivity index (χ1) is 71.0. The number of benzene rings is 12. The predicted octanol–water partition coefficient (Wildman–Crippen LogP) is 30.0. The number of fused-ring (bicyclic) bond motifs is 6. The van der Waals surface area contributed by atoms with Crippen LogP contribution in [0.3, 0.4) is 0 Å². The first-order valence-corrected chi connectivity index (χ1v) is 41.4. The number of nitrogens with zero attached hydrogens (tertiary/aromatic N) is 8. The van der Waals surface area contributed by atoms with Gasteiger partial charge in [0.25, 0.3) is 0 Å². The number of aromatic nitrogens is 8. The molecule has 0 aliphatic rings. The van der Waals surface area contributed by atoms with Crippen LogP contribution in [0.2, 0.25) is 0 Å². The summed E-state index contributed by atoms with van der Waals surface area (Å²) >= 11 is 0. The van der Waals surface area contributed by atoms with Crippen LogP contribution < -0.4 is 0 Å². The molecule has 0 aliphatic carbocycles. The summed E-state index contributed by atoms with van der Waals surface area (Å²) in [5.41, 5.74) is 24.5. The number of aryl methyl sites for hydroxylation is 8. The zero-order valence-electron chi connectivity index (χ0n) is 90.0. The van der Waals surface area contributed by atoms with Crippen LogP contribution in [0, 0.1) is 103 Å². The summed E-state index contributed by atoms with van der Waals surface area (Å²) in [6, 6.07) is 139. The molecule has 668 valence electrons. The topological polar surface area (TPSA) is 129 Å². The molecule has 0 N–H and O–H groups in total. The van der Waals surface area contributed by atoms with E-state index in [9.17, 15) is 0 Å². The Morgan fingerprint density at radius 3 is 0.918 bits per heavy atom. The fourth-order valence-electron chi connectivity index (χ4n) is 13.4. The Morgan fingerprint density at radius 1 is 0.224 bits per heavy atom. The van der Waals surface area contributed by atoms with E-state index in [4.69, 9.17) is 33.5 Å². The molecule has 0 saturated carbocycles. The minimum Gasteiger partial charge on any atom is -0.501 e. The van der Waals surface area contributed by atoms with Crippen LogP contribution in [-0.2, 0) is 80.4 Å². The van der Waals surface area contributed by atoms with Crippen LogP contribution in [0.4, 0.5) is 0 Å². The van der Waals surface area contributed by atoms with E-state index in [1.165, 1.54) is 42.7 Å². The Labute approximate surface area is 865 Å². The first kappa shape index (κ1) is 77.6. The van der Waals surface area contributed by atoms with Gasteiger partial charge in [-0.05, 0) is 158 Å². The Hall–Kier alpha value is -14.0. The van der Waals surface area contributed by atoms with Crippen LogP contribution in [0.5, 0.6) is 0 Å². The smallest absolute Gasteiger partial charge is 0.120 e. The second kappa shape index (κ2) is 51.2. The van der Waals surface area contributed by atoms with E-state index < -0.39 is 41.1 Å². The van der Waals surface area contributed by atoms with E-state index in [0.29, 0.717) is 11.3 Å². The van der Waals surface area contributed by atoms with E-state index in [2.05, 4.69) is 126 Å².